The molecule has 1 fully saturated rings. The van der Waals surface area contributed by atoms with E-state index >= 15 is 0 Å². The number of fused-ring (bicyclic) bond motifs is 1. The molecule has 178 valence electrons. The highest BCUT2D eigenvalue weighted by atomic mass is 32.2. The molecule has 3 aromatic rings. The Hall–Kier alpha value is -2.32. The van der Waals surface area contributed by atoms with Crippen molar-refractivity contribution >= 4 is 22.8 Å². The van der Waals surface area contributed by atoms with Gasteiger partial charge in [-0.2, -0.15) is 5.10 Å². The standard InChI is InChI=1S/C25H35N5O2S/c1-17(2)15-29-22-21(23(31)27(5)25(29)32)24(33-20-9-7-6-8-10-20)30(26-22)16-19-11-13-28(14-12-19)18(3)4/h6-10,17-19H,11-16H2,1-5H3. The molecule has 7 nitrogen and oxygen atoms in total. The van der Waals surface area contributed by atoms with E-state index in [0.717, 1.165) is 42.4 Å². The molecule has 0 saturated carbocycles. The number of aromatic nitrogens is 4. The zero-order valence-electron chi connectivity index (χ0n) is 20.3. The van der Waals surface area contributed by atoms with Crippen molar-refractivity contribution in [2.75, 3.05) is 13.1 Å². The fourth-order valence-electron chi connectivity index (χ4n) is 4.59. The van der Waals surface area contributed by atoms with Crippen LogP contribution in [0.3, 0.4) is 0 Å². The van der Waals surface area contributed by atoms with Gasteiger partial charge in [-0.25, -0.2) is 4.79 Å². The number of rotatable bonds is 7. The normalized spacial score (nSPS) is 15.8. The molecule has 4 rings (SSSR count). The Balaban J connectivity index is 1.81. The molecule has 0 unspecified atom stereocenters. The lowest BCUT2D eigenvalue weighted by Gasteiger charge is -2.34. The fourth-order valence-corrected chi connectivity index (χ4v) is 5.61. The second-order valence-electron chi connectivity index (χ2n) is 9.83. The summed E-state index contributed by atoms with van der Waals surface area (Å²) in [5.41, 5.74) is -0.0588. The quantitative estimate of drug-likeness (QED) is 0.526. The number of likely N-dealkylation sites (tertiary alicyclic amines) is 1. The van der Waals surface area contributed by atoms with Crippen LogP contribution in [0.5, 0.6) is 0 Å². The molecule has 1 aliphatic rings. The molecule has 0 radical (unpaired) electrons. The molecule has 3 heterocycles. The lowest BCUT2D eigenvalue weighted by Crippen LogP contribution is -2.39. The average Bonchev–Trinajstić information content (AvgIpc) is 3.13. The summed E-state index contributed by atoms with van der Waals surface area (Å²) in [6, 6.07) is 10.6. The third-order valence-electron chi connectivity index (χ3n) is 6.50. The van der Waals surface area contributed by atoms with Crippen LogP contribution < -0.4 is 11.2 Å². The molecule has 0 bridgehead atoms. The Kier molecular flexibility index (Phi) is 7.14. The van der Waals surface area contributed by atoms with Gasteiger partial charge in [0.05, 0.1) is 0 Å². The van der Waals surface area contributed by atoms with E-state index in [1.54, 1.807) is 23.4 Å². The van der Waals surface area contributed by atoms with E-state index in [1.165, 1.54) is 4.57 Å². The Bertz CT molecular complexity index is 1220. The van der Waals surface area contributed by atoms with E-state index in [-0.39, 0.29) is 17.2 Å². The van der Waals surface area contributed by atoms with E-state index in [2.05, 4.69) is 32.6 Å². The highest BCUT2D eigenvalue weighted by Gasteiger charge is 2.26. The molecule has 8 heteroatoms. The molecule has 2 aromatic heterocycles. The molecule has 33 heavy (non-hydrogen) atoms. The van der Waals surface area contributed by atoms with E-state index in [1.807, 2.05) is 35.0 Å². The predicted molar refractivity (Wildman–Crippen MR) is 134 cm³/mol. The molecule has 1 aromatic carbocycles. The van der Waals surface area contributed by atoms with E-state index in [4.69, 9.17) is 5.10 Å². The van der Waals surface area contributed by atoms with E-state index in [0.29, 0.717) is 29.5 Å². The van der Waals surface area contributed by atoms with Crippen LogP contribution in [-0.4, -0.2) is 42.9 Å². The molecular weight excluding hydrogens is 434 g/mol. The van der Waals surface area contributed by atoms with Crippen LogP contribution in [0.2, 0.25) is 0 Å². The summed E-state index contributed by atoms with van der Waals surface area (Å²) in [5.74, 6) is 0.762. The minimum absolute atomic E-state index is 0.263. The maximum Gasteiger partial charge on any atom is 0.332 e. The van der Waals surface area contributed by atoms with Crippen LogP contribution in [0, 0.1) is 11.8 Å². The van der Waals surface area contributed by atoms with Crippen molar-refractivity contribution in [3.63, 3.8) is 0 Å². The van der Waals surface area contributed by atoms with Crippen molar-refractivity contribution in [3.05, 3.63) is 51.2 Å². The Morgan fingerprint density at radius 3 is 2.33 bits per heavy atom. The average molecular weight is 470 g/mol. The van der Waals surface area contributed by atoms with Crippen LogP contribution >= 0.6 is 11.8 Å². The van der Waals surface area contributed by atoms with Crippen molar-refractivity contribution < 1.29 is 0 Å². The van der Waals surface area contributed by atoms with Gasteiger partial charge in [-0.15, -0.1) is 0 Å². The van der Waals surface area contributed by atoms with Gasteiger partial charge in [0, 0.05) is 31.1 Å². The van der Waals surface area contributed by atoms with Crippen molar-refractivity contribution in [1.29, 1.82) is 0 Å². The summed E-state index contributed by atoms with van der Waals surface area (Å²) in [6.07, 6.45) is 2.22. The topological polar surface area (TPSA) is 65.1 Å². The zero-order chi connectivity index (χ0) is 23.7. The number of hydrogen-bond donors (Lipinski definition) is 0. The van der Waals surface area contributed by atoms with Crippen molar-refractivity contribution in [3.8, 4) is 0 Å². The monoisotopic (exact) mass is 469 g/mol. The largest absolute Gasteiger partial charge is 0.332 e. The second-order valence-corrected chi connectivity index (χ2v) is 10.9. The number of nitrogens with zero attached hydrogens (tertiary/aromatic N) is 5. The Labute approximate surface area is 199 Å². The van der Waals surface area contributed by atoms with Gasteiger partial charge in [0.1, 0.15) is 10.4 Å². The second kappa shape index (κ2) is 9.89. The van der Waals surface area contributed by atoms with Crippen LogP contribution in [-0.2, 0) is 20.1 Å². The van der Waals surface area contributed by atoms with Crippen molar-refractivity contribution in [2.24, 2.45) is 18.9 Å². The number of benzene rings is 1. The Morgan fingerprint density at radius 2 is 1.73 bits per heavy atom. The third-order valence-corrected chi connectivity index (χ3v) is 7.61. The van der Waals surface area contributed by atoms with Gasteiger partial charge < -0.3 is 4.90 Å². The van der Waals surface area contributed by atoms with Gasteiger partial charge in [0.15, 0.2) is 5.65 Å². The van der Waals surface area contributed by atoms with Gasteiger partial charge in [0.25, 0.3) is 5.56 Å². The molecule has 0 atom stereocenters. The predicted octanol–water partition coefficient (Wildman–Crippen LogP) is 3.82. The third kappa shape index (κ3) is 4.96. The minimum atomic E-state index is -0.299. The maximum atomic E-state index is 13.3. The fraction of sp³-hybridized carbons (Fsp3) is 0.560. The summed E-state index contributed by atoms with van der Waals surface area (Å²) in [5, 5.41) is 6.29. The van der Waals surface area contributed by atoms with Gasteiger partial charge in [-0.1, -0.05) is 43.8 Å². The smallest absolute Gasteiger partial charge is 0.301 e. The summed E-state index contributed by atoms with van der Waals surface area (Å²) in [6.45, 7) is 12.1. The number of hydrogen-bond acceptors (Lipinski definition) is 5. The van der Waals surface area contributed by atoms with Gasteiger partial charge >= 0.3 is 5.69 Å². The first-order valence-corrected chi connectivity index (χ1v) is 12.7. The summed E-state index contributed by atoms with van der Waals surface area (Å²) in [4.78, 5) is 29.8. The first kappa shape index (κ1) is 23.8. The molecule has 0 N–H and O–H groups in total. The maximum absolute atomic E-state index is 13.3. The highest BCUT2D eigenvalue weighted by Crippen LogP contribution is 2.33. The molecule has 1 aliphatic heterocycles. The summed E-state index contributed by atoms with van der Waals surface area (Å²) >= 11 is 1.56. The first-order chi connectivity index (χ1) is 15.8. The lowest BCUT2D eigenvalue weighted by molar-refractivity contribution is 0.138. The minimum Gasteiger partial charge on any atom is -0.301 e. The molecule has 1 saturated heterocycles. The Morgan fingerprint density at radius 1 is 1.06 bits per heavy atom. The van der Waals surface area contributed by atoms with E-state index < -0.39 is 0 Å². The summed E-state index contributed by atoms with van der Waals surface area (Å²) < 4.78 is 4.90. The van der Waals surface area contributed by atoms with Crippen molar-refractivity contribution in [2.45, 2.75) is 69.6 Å². The van der Waals surface area contributed by atoms with Crippen molar-refractivity contribution in [1.82, 2.24) is 23.8 Å². The van der Waals surface area contributed by atoms with Crippen LogP contribution in [0.1, 0.15) is 40.5 Å². The molecule has 0 amide bonds. The van der Waals surface area contributed by atoms with Crippen LogP contribution in [0.25, 0.3) is 11.0 Å². The van der Waals surface area contributed by atoms with Gasteiger partial charge in [-0.3, -0.25) is 18.6 Å². The van der Waals surface area contributed by atoms with Gasteiger partial charge in [-0.05, 0) is 63.7 Å². The molecular formula is C25H35N5O2S. The molecule has 0 aliphatic carbocycles. The van der Waals surface area contributed by atoms with Gasteiger partial charge in [0.2, 0.25) is 0 Å². The SMILES string of the molecule is CC(C)Cn1c(=O)n(C)c(=O)c2c(Sc3ccccc3)n(CC3CCN(C(C)C)CC3)nc21. The summed E-state index contributed by atoms with van der Waals surface area (Å²) in [7, 11) is 1.57. The zero-order valence-corrected chi connectivity index (χ0v) is 21.1. The first-order valence-electron chi connectivity index (χ1n) is 11.9. The van der Waals surface area contributed by atoms with Crippen LogP contribution in [0.15, 0.2) is 49.8 Å². The lowest BCUT2D eigenvalue weighted by atomic mass is 9.96. The highest BCUT2D eigenvalue weighted by molar-refractivity contribution is 7.99. The van der Waals surface area contributed by atoms with E-state index in [9.17, 15) is 9.59 Å². The van der Waals surface area contributed by atoms with Crippen LogP contribution in [0.4, 0.5) is 0 Å². The molecule has 0 spiro atoms. The number of piperidine rings is 1.